The van der Waals surface area contributed by atoms with Crippen LogP contribution in [0.15, 0.2) is 18.2 Å². The van der Waals surface area contributed by atoms with Crippen LogP contribution in [-0.2, 0) is 24.6 Å². The third-order valence-electron chi connectivity index (χ3n) is 5.17. The van der Waals surface area contributed by atoms with Crippen molar-refractivity contribution in [3.63, 3.8) is 0 Å². The molecule has 2 aliphatic rings. The van der Waals surface area contributed by atoms with E-state index in [-0.39, 0.29) is 12.5 Å². The van der Waals surface area contributed by atoms with E-state index < -0.39 is 17.5 Å². The molecule has 1 aromatic carbocycles. The van der Waals surface area contributed by atoms with Gasteiger partial charge in [-0.15, -0.1) is 0 Å². The Labute approximate surface area is 175 Å². The van der Waals surface area contributed by atoms with Gasteiger partial charge in [-0.3, -0.25) is 14.5 Å². The van der Waals surface area contributed by atoms with Gasteiger partial charge in [0, 0.05) is 27.3 Å². The number of urea groups is 1. The minimum atomic E-state index is -1.31. The second-order valence-corrected chi connectivity index (χ2v) is 7.17. The average molecular weight is 421 g/mol. The van der Waals surface area contributed by atoms with E-state index in [1.54, 1.807) is 25.1 Å². The van der Waals surface area contributed by atoms with Gasteiger partial charge in [-0.1, -0.05) is 6.07 Å². The highest BCUT2D eigenvalue weighted by molar-refractivity contribution is 6.09. The van der Waals surface area contributed by atoms with Crippen molar-refractivity contribution in [2.45, 2.75) is 12.5 Å². The van der Waals surface area contributed by atoms with Crippen molar-refractivity contribution in [2.24, 2.45) is 0 Å². The monoisotopic (exact) mass is 421 g/mol. The van der Waals surface area contributed by atoms with Crippen molar-refractivity contribution in [1.29, 1.82) is 0 Å². The van der Waals surface area contributed by atoms with Gasteiger partial charge in [0.25, 0.3) is 5.91 Å². The van der Waals surface area contributed by atoms with Crippen LogP contribution >= 0.6 is 0 Å². The van der Waals surface area contributed by atoms with E-state index in [1.807, 2.05) is 0 Å². The highest BCUT2D eigenvalue weighted by Gasteiger charge is 2.50. The second-order valence-electron chi connectivity index (χ2n) is 7.17. The number of amides is 4. The summed E-state index contributed by atoms with van der Waals surface area (Å²) in [6.45, 7) is 3.46. The Morgan fingerprint density at radius 3 is 2.40 bits per heavy atom. The lowest BCUT2D eigenvalue weighted by Crippen LogP contribution is -2.46. The van der Waals surface area contributed by atoms with Crippen molar-refractivity contribution in [3.8, 4) is 11.5 Å². The summed E-state index contributed by atoms with van der Waals surface area (Å²) >= 11 is 0. The van der Waals surface area contributed by atoms with Gasteiger partial charge in [-0.2, -0.15) is 0 Å². The largest absolute Gasteiger partial charge is 0.486 e. The third-order valence-corrected chi connectivity index (χ3v) is 5.17. The first-order chi connectivity index (χ1) is 14.4. The summed E-state index contributed by atoms with van der Waals surface area (Å²) in [5, 5.41) is 2.70. The summed E-state index contributed by atoms with van der Waals surface area (Å²) in [6, 6.07) is 4.48. The second kappa shape index (κ2) is 9.31. The third kappa shape index (κ3) is 4.34. The van der Waals surface area contributed by atoms with Gasteiger partial charge in [-0.05, 0) is 24.6 Å². The van der Waals surface area contributed by atoms with Gasteiger partial charge in [0.05, 0.1) is 13.2 Å². The van der Waals surface area contributed by atoms with Crippen LogP contribution in [-0.4, -0.2) is 87.9 Å². The number of benzene rings is 1. The number of carbonyl (C=O) groups excluding carboxylic acids is 3. The van der Waals surface area contributed by atoms with Gasteiger partial charge in [0.15, 0.2) is 11.5 Å². The lowest BCUT2D eigenvalue weighted by atomic mass is 9.91. The van der Waals surface area contributed by atoms with Crippen LogP contribution in [0.2, 0.25) is 0 Å². The molecule has 1 saturated heterocycles. The molecule has 0 radical (unpaired) electrons. The molecule has 10 heteroatoms. The molecule has 0 spiro atoms. The predicted octanol–water partition coefficient (Wildman–Crippen LogP) is 0.346. The van der Waals surface area contributed by atoms with Crippen molar-refractivity contribution in [1.82, 2.24) is 15.1 Å². The number of methoxy groups -OCH3 is 2. The fourth-order valence-electron chi connectivity index (χ4n) is 3.39. The summed E-state index contributed by atoms with van der Waals surface area (Å²) in [5.74, 6) is 0.237. The zero-order valence-corrected chi connectivity index (χ0v) is 17.4. The fraction of sp³-hybridized carbons (Fsp3) is 0.550. The lowest BCUT2D eigenvalue weighted by Gasteiger charge is -2.26. The van der Waals surface area contributed by atoms with E-state index in [9.17, 15) is 14.4 Å². The van der Waals surface area contributed by atoms with Gasteiger partial charge in [-0.25, -0.2) is 4.79 Å². The van der Waals surface area contributed by atoms with Crippen LogP contribution < -0.4 is 14.8 Å². The maximum atomic E-state index is 13.1. The molecule has 3 rings (SSSR count). The van der Waals surface area contributed by atoms with Crippen LogP contribution in [0.25, 0.3) is 0 Å². The van der Waals surface area contributed by atoms with Gasteiger partial charge in [0.1, 0.15) is 25.3 Å². The van der Waals surface area contributed by atoms with Crippen LogP contribution in [0.5, 0.6) is 11.5 Å². The number of nitrogens with zero attached hydrogens (tertiary/aromatic N) is 2. The molecule has 164 valence electrons. The molecule has 1 fully saturated rings. The van der Waals surface area contributed by atoms with Gasteiger partial charge in [0.2, 0.25) is 5.91 Å². The number of hydrogen-bond acceptors (Lipinski definition) is 7. The molecule has 0 bridgehead atoms. The Morgan fingerprint density at radius 2 is 1.77 bits per heavy atom. The smallest absolute Gasteiger partial charge is 0.325 e. The van der Waals surface area contributed by atoms with E-state index in [1.165, 1.54) is 19.1 Å². The summed E-state index contributed by atoms with van der Waals surface area (Å²) in [6.07, 6.45) is 0. The van der Waals surface area contributed by atoms with Gasteiger partial charge >= 0.3 is 6.03 Å². The molecule has 2 aliphatic heterocycles. The molecule has 0 unspecified atom stereocenters. The molecule has 1 N–H and O–H groups in total. The van der Waals surface area contributed by atoms with E-state index in [4.69, 9.17) is 18.9 Å². The Hall–Kier alpha value is -2.85. The molecule has 10 nitrogen and oxygen atoms in total. The zero-order chi connectivity index (χ0) is 21.7. The van der Waals surface area contributed by atoms with Crippen LogP contribution in [0.1, 0.15) is 12.5 Å². The molecule has 1 atom stereocenters. The number of fused-ring (bicyclic) bond motifs is 1. The van der Waals surface area contributed by atoms with E-state index in [0.29, 0.717) is 56.6 Å². The standard InChI is InChI=1S/C20H27N3O7/c1-20(14-4-5-15-16(12-14)30-11-10-29-15)18(25)23(19(26)21-20)13-17(24)22(6-8-27-2)7-9-28-3/h4-5,12H,6-11,13H2,1-3H3,(H,21,26)/t20-/m0/s1. The van der Waals surface area contributed by atoms with Crippen LogP contribution in [0.3, 0.4) is 0 Å². The van der Waals surface area contributed by atoms with Crippen molar-refractivity contribution >= 4 is 17.8 Å². The minimum Gasteiger partial charge on any atom is -0.486 e. The molecule has 2 heterocycles. The molecule has 0 aliphatic carbocycles. The Bertz CT molecular complexity index is 808. The molecular formula is C20H27N3O7. The SMILES string of the molecule is COCCN(CCOC)C(=O)CN1C(=O)N[C@@](C)(c2ccc3c(c2)OCCO3)C1=O. The van der Waals surface area contributed by atoms with Crippen molar-refractivity contribution in [2.75, 3.05) is 60.3 Å². The summed E-state index contributed by atoms with van der Waals surface area (Å²) in [7, 11) is 3.07. The molecular weight excluding hydrogens is 394 g/mol. The highest BCUT2D eigenvalue weighted by atomic mass is 16.6. The van der Waals surface area contributed by atoms with Crippen molar-refractivity contribution < 1.29 is 33.3 Å². The number of rotatable bonds is 9. The number of ether oxygens (including phenoxy) is 4. The van der Waals surface area contributed by atoms with Crippen LogP contribution in [0.4, 0.5) is 4.79 Å². The summed E-state index contributed by atoms with van der Waals surface area (Å²) < 4.78 is 21.2. The molecule has 30 heavy (non-hydrogen) atoms. The quantitative estimate of drug-likeness (QED) is 0.573. The van der Waals surface area contributed by atoms with E-state index in [0.717, 1.165) is 4.90 Å². The summed E-state index contributed by atoms with van der Waals surface area (Å²) in [5.41, 5.74) is -0.757. The highest BCUT2D eigenvalue weighted by Crippen LogP contribution is 2.36. The van der Waals surface area contributed by atoms with Gasteiger partial charge < -0.3 is 29.2 Å². The van der Waals surface area contributed by atoms with Crippen molar-refractivity contribution in [3.05, 3.63) is 23.8 Å². The van der Waals surface area contributed by atoms with Crippen LogP contribution in [0, 0.1) is 0 Å². The molecule has 4 amide bonds. The fourth-order valence-corrected chi connectivity index (χ4v) is 3.39. The lowest BCUT2D eigenvalue weighted by molar-refractivity contribution is -0.139. The number of nitrogens with one attached hydrogen (secondary N) is 1. The average Bonchev–Trinajstić information content (AvgIpc) is 2.97. The maximum absolute atomic E-state index is 13.1. The molecule has 0 saturated carbocycles. The normalized spacial score (nSPS) is 20.3. The number of carbonyl (C=O) groups is 3. The first kappa shape index (κ1) is 21.8. The Balaban J connectivity index is 1.75. The molecule has 1 aromatic rings. The Morgan fingerprint density at radius 1 is 1.13 bits per heavy atom. The first-order valence-corrected chi connectivity index (χ1v) is 9.70. The number of imide groups is 1. The topological polar surface area (TPSA) is 107 Å². The molecule has 0 aromatic heterocycles. The first-order valence-electron chi connectivity index (χ1n) is 9.70. The Kier molecular flexibility index (Phi) is 6.78. The minimum absolute atomic E-state index is 0.335. The predicted molar refractivity (Wildman–Crippen MR) is 105 cm³/mol. The van der Waals surface area contributed by atoms with E-state index >= 15 is 0 Å². The summed E-state index contributed by atoms with van der Waals surface area (Å²) in [4.78, 5) is 40.9. The number of hydrogen-bond donors (Lipinski definition) is 1. The maximum Gasteiger partial charge on any atom is 0.325 e. The van der Waals surface area contributed by atoms with E-state index in [2.05, 4.69) is 5.32 Å². The zero-order valence-electron chi connectivity index (χ0n) is 17.4.